The van der Waals surface area contributed by atoms with Crippen molar-refractivity contribution in [2.45, 2.75) is 40.2 Å². The van der Waals surface area contributed by atoms with Crippen LogP contribution in [0.3, 0.4) is 0 Å². The largest absolute Gasteiger partial charge is 0.316 e. The van der Waals surface area contributed by atoms with Crippen molar-refractivity contribution in [2.24, 2.45) is 16.7 Å². The van der Waals surface area contributed by atoms with Crippen LogP contribution in [0.4, 0.5) is 4.39 Å². The predicted octanol–water partition coefficient (Wildman–Crippen LogP) is 4.40. The first kappa shape index (κ1) is 15.0. The van der Waals surface area contributed by atoms with E-state index < -0.39 is 0 Å². The van der Waals surface area contributed by atoms with Crippen LogP contribution in [0, 0.1) is 22.6 Å². The van der Waals surface area contributed by atoms with Crippen LogP contribution in [0.25, 0.3) is 0 Å². The van der Waals surface area contributed by atoms with Crippen LogP contribution >= 0.6 is 15.9 Å². The fourth-order valence-electron chi connectivity index (χ4n) is 3.58. The molecule has 1 atom stereocenters. The molecule has 1 saturated carbocycles. The van der Waals surface area contributed by atoms with Crippen LogP contribution in [-0.4, -0.2) is 13.1 Å². The van der Waals surface area contributed by atoms with E-state index >= 15 is 0 Å². The summed E-state index contributed by atoms with van der Waals surface area (Å²) in [6, 6.07) is 5.30. The Kier molecular flexibility index (Phi) is 3.83. The summed E-state index contributed by atoms with van der Waals surface area (Å²) in [6.45, 7) is 9.29. The topological polar surface area (TPSA) is 12.0 Å². The molecule has 0 radical (unpaired) electrons. The van der Waals surface area contributed by atoms with E-state index in [1.807, 2.05) is 7.05 Å². The van der Waals surface area contributed by atoms with Crippen LogP contribution in [-0.2, 0) is 6.42 Å². The highest BCUT2D eigenvalue weighted by Crippen LogP contribution is 2.69. The quantitative estimate of drug-likeness (QED) is 0.864. The Morgan fingerprint density at radius 2 is 1.84 bits per heavy atom. The molecule has 1 aliphatic rings. The zero-order valence-corrected chi connectivity index (χ0v) is 13.9. The Balaban J connectivity index is 2.20. The summed E-state index contributed by atoms with van der Waals surface area (Å²) in [5.41, 5.74) is 1.71. The van der Waals surface area contributed by atoms with Gasteiger partial charge in [-0.2, -0.15) is 0 Å². The minimum absolute atomic E-state index is 0.164. The van der Waals surface area contributed by atoms with Gasteiger partial charge in [-0.3, -0.25) is 0 Å². The molecule has 3 heteroatoms. The molecule has 1 nitrogen and oxygen atoms in total. The average molecular weight is 328 g/mol. The molecule has 1 unspecified atom stereocenters. The highest BCUT2D eigenvalue weighted by atomic mass is 79.9. The van der Waals surface area contributed by atoms with E-state index in [9.17, 15) is 4.39 Å². The van der Waals surface area contributed by atoms with Gasteiger partial charge < -0.3 is 5.32 Å². The Labute approximate surface area is 124 Å². The first-order valence-corrected chi connectivity index (χ1v) is 7.62. The van der Waals surface area contributed by atoms with Crippen LogP contribution in [0.2, 0.25) is 0 Å². The Hall–Kier alpha value is -0.410. The van der Waals surface area contributed by atoms with Gasteiger partial charge in [0.15, 0.2) is 0 Å². The minimum atomic E-state index is -0.164. The molecular formula is C16H23BrFN. The zero-order chi connectivity index (χ0) is 14.4. The smallest absolute Gasteiger partial charge is 0.123 e. The molecule has 0 aliphatic heterocycles. The van der Waals surface area contributed by atoms with E-state index in [4.69, 9.17) is 0 Å². The monoisotopic (exact) mass is 327 g/mol. The van der Waals surface area contributed by atoms with Gasteiger partial charge in [-0.25, -0.2) is 4.39 Å². The van der Waals surface area contributed by atoms with Crippen molar-refractivity contribution in [1.82, 2.24) is 5.32 Å². The van der Waals surface area contributed by atoms with E-state index in [1.54, 1.807) is 12.1 Å². The number of hydrogen-bond acceptors (Lipinski definition) is 1. The van der Waals surface area contributed by atoms with Crippen LogP contribution in [0.5, 0.6) is 0 Å². The lowest BCUT2D eigenvalue weighted by Crippen LogP contribution is -2.32. The number of hydrogen-bond donors (Lipinski definition) is 1. The molecule has 19 heavy (non-hydrogen) atoms. The molecule has 0 saturated heterocycles. The molecule has 0 aromatic heterocycles. The lowest BCUT2D eigenvalue weighted by atomic mass is 9.97. The Bertz CT molecular complexity index is 468. The lowest BCUT2D eigenvalue weighted by Gasteiger charge is -2.19. The first-order valence-electron chi connectivity index (χ1n) is 6.83. The second kappa shape index (κ2) is 4.85. The molecule has 1 fully saturated rings. The molecular weight excluding hydrogens is 305 g/mol. The molecule has 106 valence electrons. The Morgan fingerprint density at radius 1 is 1.26 bits per heavy atom. The van der Waals surface area contributed by atoms with E-state index in [-0.39, 0.29) is 5.82 Å². The van der Waals surface area contributed by atoms with Gasteiger partial charge in [-0.15, -0.1) is 0 Å². The van der Waals surface area contributed by atoms with E-state index in [0.717, 1.165) is 16.5 Å². The standard InChI is InChI=1S/C16H23BrFN/c1-15(2)14(16(15,3)4)13(19-5)9-10-8-11(18)6-7-12(10)17/h6-8,13-14,19H,9H2,1-5H3. The summed E-state index contributed by atoms with van der Waals surface area (Å²) in [7, 11) is 2.00. The number of benzene rings is 1. The summed E-state index contributed by atoms with van der Waals surface area (Å²) in [4.78, 5) is 0. The normalized spacial score (nSPS) is 22.3. The van der Waals surface area contributed by atoms with Crippen LogP contribution < -0.4 is 5.32 Å². The highest BCUT2D eigenvalue weighted by molar-refractivity contribution is 9.10. The van der Waals surface area contributed by atoms with Crippen molar-refractivity contribution >= 4 is 15.9 Å². The van der Waals surface area contributed by atoms with Crippen molar-refractivity contribution < 1.29 is 4.39 Å². The summed E-state index contributed by atoms with van der Waals surface area (Å²) in [6.07, 6.45) is 0.854. The third-order valence-corrected chi connectivity index (χ3v) is 6.13. The van der Waals surface area contributed by atoms with Gasteiger partial charge in [-0.05, 0) is 54.0 Å². The molecule has 1 aliphatic carbocycles. The SMILES string of the molecule is CNC(Cc1cc(F)ccc1Br)C1C(C)(C)C1(C)C. The molecule has 0 heterocycles. The maximum atomic E-state index is 13.4. The zero-order valence-electron chi connectivity index (χ0n) is 12.3. The van der Waals surface area contributed by atoms with Crippen molar-refractivity contribution in [3.63, 3.8) is 0 Å². The van der Waals surface area contributed by atoms with Gasteiger partial charge in [0, 0.05) is 10.5 Å². The molecule has 0 bridgehead atoms. The fraction of sp³-hybridized carbons (Fsp3) is 0.625. The van der Waals surface area contributed by atoms with Crippen LogP contribution in [0.15, 0.2) is 22.7 Å². The van der Waals surface area contributed by atoms with Crippen molar-refractivity contribution in [1.29, 1.82) is 0 Å². The lowest BCUT2D eigenvalue weighted by molar-refractivity contribution is 0.420. The van der Waals surface area contributed by atoms with Gasteiger partial charge in [0.1, 0.15) is 5.82 Å². The van der Waals surface area contributed by atoms with E-state index in [2.05, 4.69) is 48.9 Å². The van der Waals surface area contributed by atoms with Crippen molar-refractivity contribution in [2.75, 3.05) is 7.05 Å². The number of halogens is 2. The summed E-state index contributed by atoms with van der Waals surface area (Å²) in [5, 5.41) is 3.43. The summed E-state index contributed by atoms with van der Waals surface area (Å²) >= 11 is 3.52. The highest BCUT2D eigenvalue weighted by Gasteiger charge is 2.66. The third-order valence-electron chi connectivity index (χ3n) is 5.35. The first-order chi connectivity index (χ1) is 8.71. The van der Waals surface area contributed by atoms with Crippen LogP contribution in [0.1, 0.15) is 33.3 Å². The van der Waals surface area contributed by atoms with Crippen molar-refractivity contribution in [3.05, 3.63) is 34.1 Å². The second-order valence-electron chi connectivity index (χ2n) is 6.76. The molecule has 1 N–H and O–H groups in total. The number of likely N-dealkylation sites (N-methyl/N-ethyl adjacent to an activating group) is 1. The Morgan fingerprint density at radius 3 is 2.32 bits per heavy atom. The summed E-state index contributed by atoms with van der Waals surface area (Å²) in [5.74, 6) is 0.447. The van der Waals surface area contributed by atoms with Gasteiger partial charge in [-0.1, -0.05) is 43.6 Å². The molecule has 0 spiro atoms. The van der Waals surface area contributed by atoms with Crippen molar-refractivity contribution in [3.8, 4) is 0 Å². The predicted molar refractivity (Wildman–Crippen MR) is 81.7 cm³/mol. The minimum Gasteiger partial charge on any atom is -0.316 e. The number of nitrogens with one attached hydrogen (secondary N) is 1. The fourth-order valence-corrected chi connectivity index (χ4v) is 3.99. The van der Waals surface area contributed by atoms with Gasteiger partial charge in [0.05, 0.1) is 0 Å². The molecule has 0 amide bonds. The van der Waals surface area contributed by atoms with Gasteiger partial charge >= 0.3 is 0 Å². The third kappa shape index (κ3) is 2.47. The van der Waals surface area contributed by atoms with Gasteiger partial charge in [0.25, 0.3) is 0 Å². The van der Waals surface area contributed by atoms with E-state index in [0.29, 0.717) is 22.8 Å². The maximum Gasteiger partial charge on any atom is 0.123 e. The molecule has 1 aromatic rings. The molecule has 1 aromatic carbocycles. The summed E-state index contributed by atoms with van der Waals surface area (Å²) < 4.78 is 14.4. The maximum absolute atomic E-state index is 13.4. The van der Waals surface area contributed by atoms with E-state index in [1.165, 1.54) is 6.07 Å². The average Bonchev–Trinajstić information content (AvgIpc) is 2.72. The van der Waals surface area contributed by atoms with Gasteiger partial charge in [0.2, 0.25) is 0 Å². The molecule has 2 rings (SSSR count). The second-order valence-corrected chi connectivity index (χ2v) is 7.61. The number of rotatable bonds is 4.